The van der Waals surface area contributed by atoms with E-state index in [4.69, 9.17) is 0 Å². The number of nitrogens with zero attached hydrogens (tertiary/aromatic N) is 3. The van der Waals surface area contributed by atoms with Gasteiger partial charge in [0.15, 0.2) is 0 Å². The third-order valence-corrected chi connectivity index (χ3v) is 3.51. The summed E-state index contributed by atoms with van der Waals surface area (Å²) in [7, 11) is 0. The number of hydrogen-bond donors (Lipinski definition) is 2. The molecule has 0 saturated heterocycles. The molecule has 0 aliphatic heterocycles. The zero-order chi connectivity index (χ0) is 15.7. The lowest BCUT2D eigenvalue weighted by Gasteiger charge is -2.16. The molecule has 2 N–H and O–H groups in total. The van der Waals surface area contributed by atoms with Gasteiger partial charge in [-0.25, -0.2) is 9.97 Å². The van der Waals surface area contributed by atoms with Gasteiger partial charge in [-0.2, -0.15) is 0 Å². The topological polar surface area (TPSA) is 75.6 Å². The summed E-state index contributed by atoms with van der Waals surface area (Å²) in [5, 5.41) is 3.13. The number of imidazole rings is 1. The predicted molar refractivity (Wildman–Crippen MR) is 87.2 cm³/mol. The highest BCUT2D eigenvalue weighted by molar-refractivity contribution is 5.75. The first kappa shape index (κ1) is 14.3. The number of aromatic amines is 1. The monoisotopic (exact) mass is 297 g/mol. The lowest BCUT2D eigenvalue weighted by molar-refractivity contribution is 0.634. The molecule has 0 spiro atoms. The van der Waals surface area contributed by atoms with Crippen LogP contribution in [0.4, 0.5) is 5.95 Å². The van der Waals surface area contributed by atoms with Crippen LogP contribution in [0.1, 0.15) is 32.5 Å². The molecule has 1 atom stereocenters. The summed E-state index contributed by atoms with van der Waals surface area (Å²) in [5.41, 5.74) is 2.50. The van der Waals surface area contributed by atoms with Crippen molar-refractivity contribution in [2.24, 2.45) is 0 Å². The quantitative estimate of drug-likeness (QED) is 0.776. The lowest BCUT2D eigenvalue weighted by Crippen LogP contribution is -2.20. The number of benzene rings is 1. The fourth-order valence-corrected chi connectivity index (χ4v) is 2.46. The van der Waals surface area contributed by atoms with Crippen molar-refractivity contribution in [1.29, 1.82) is 0 Å². The maximum atomic E-state index is 11.9. The van der Waals surface area contributed by atoms with Crippen LogP contribution in [0.2, 0.25) is 0 Å². The molecular formula is C16H19N5O. The van der Waals surface area contributed by atoms with Gasteiger partial charge in [-0.05, 0) is 32.9 Å². The van der Waals surface area contributed by atoms with Crippen LogP contribution in [0.5, 0.6) is 0 Å². The molecule has 2 heterocycles. The van der Waals surface area contributed by atoms with E-state index in [1.165, 1.54) is 6.07 Å². The molecule has 6 heteroatoms. The van der Waals surface area contributed by atoms with Gasteiger partial charge in [-0.3, -0.25) is 9.78 Å². The number of aromatic nitrogens is 4. The van der Waals surface area contributed by atoms with Crippen LogP contribution < -0.4 is 10.9 Å². The summed E-state index contributed by atoms with van der Waals surface area (Å²) in [6.07, 6.45) is 1.79. The average molecular weight is 297 g/mol. The number of H-pyrrole nitrogens is 1. The van der Waals surface area contributed by atoms with Gasteiger partial charge >= 0.3 is 0 Å². The molecule has 0 saturated carbocycles. The molecule has 0 aliphatic rings. The van der Waals surface area contributed by atoms with Gasteiger partial charge < -0.3 is 9.88 Å². The summed E-state index contributed by atoms with van der Waals surface area (Å²) in [4.78, 5) is 23.5. The molecule has 0 bridgehead atoms. The Morgan fingerprint density at radius 1 is 1.23 bits per heavy atom. The summed E-state index contributed by atoms with van der Waals surface area (Å²) in [6, 6.07) is 9.56. The first-order valence-electron chi connectivity index (χ1n) is 7.34. The zero-order valence-electron chi connectivity index (χ0n) is 12.9. The third kappa shape index (κ3) is 2.72. The van der Waals surface area contributed by atoms with Crippen LogP contribution in [-0.4, -0.2) is 25.6 Å². The Kier molecular flexibility index (Phi) is 3.66. The standard InChI is InChI=1S/C16H19N5O/c1-10(2)18-16-19-13(8-15(22)20-16)11(3)21-9-17-12-6-4-5-7-14(12)21/h4-11H,1-3H3,(H2,18,19,20,22)/t11-/m1/s1. The second-order valence-electron chi connectivity index (χ2n) is 5.63. The summed E-state index contributed by atoms with van der Waals surface area (Å²) < 4.78 is 2.02. The largest absolute Gasteiger partial charge is 0.354 e. The number of fused-ring (bicyclic) bond motifs is 1. The van der Waals surface area contributed by atoms with Gasteiger partial charge in [-0.15, -0.1) is 0 Å². The van der Waals surface area contributed by atoms with E-state index < -0.39 is 0 Å². The summed E-state index contributed by atoms with van der Waals surface area (Å²) in [5.74, 6) is 0.494. The number of nitrogens with one attached hydrogen (secondary N) is 2. The minimum atomic E-state index is -0.163. The minimum Gasteiger partial charge on any atom is -0.354 e. The zero-order valence-corrected chi connectivity index (χ0v) is 12.9. The van der Waals surface area contributed by atoms with Gasteiger partial charge in [0, 0.05) is 12.1 Å². The molecule has 1 aromatic carbocycles. The predicted octanol–water partition coefficient (Wildman–Crippen LogP) is 2.55. The second-order valence-corrected chi connectivity index (χ2v) is 5.63. The molecule has 0 aliphatic carbocycles. The Morgan fingerprint density at radius 2 is 2.00 bits per heavy atom. The molecule has 114 valence electrons. The van der Waals surface area contributed by atoms with Crippen LogP contribution in [0, 0.1) is 0 Å². The molecule has 2 aromatic heterocycles. The van der Waals surface area contributed by atoms with Crippen molar-refractivity contribution in [1.82, 2.24) is 19.5 Å². The summed E-state index contributed by atoms with van der Waals surface area (Å²) in [6.45, 7) is 6.01. The van der Waals surface area contributed by atoms with Crippen LogP contribution in [0.25, 0.3) is 11.0 Å². The number of anilines is 1. The van der Waals surface area contributed by atoms with Crippen LogP contribution in [0.15, 0.2) is 41.5 Å². The molecular weight excluding hydrogens is 278 g/mol. The van der Waals surface area contributed by atoms with Gasteiger partial charge in [0.1, 0.15) is 0 Å². The van der Waals surface area contributed by atoms with Crippen molar-refractivity contribution in [2.45, 2.75) is 32.9 Å². The SMILES string of the molecule is CC(C)Nc1nc([C@@H](C)n2cnc3ccccc32)cc(=O)[nH]1. The Morgan fingerprint density at radius 3 is 2.77 bits per heavy atom. The Labute approximate surface area is 128 Å². The Hall–Kier alpha value is -2.63. The Balaban J connectivity index is 2.03. The molecule has 0 fully saturated rings. The van der Waals surface area contributed by atoms with Crippen LogP contribution in [0.3, 0.4) is 0 Å². The van der Waals surface area contributed by atoms with Gasteiger partial charge in [-0.1, -0.05) is 12.1 Å². The highest BCUT2D eigenvalue weighted by Crippen LogP contribution is 2.21. The minimum absolute atomic E-state index is 0.0811. The van der Waals surface area contributed by atoms with E-state index in [1.54, 1.807) is 6.33 Å². The first-order chi connectivity index (χ1) is 10.5. The lowest BCUT2D eigenvalue weighted by atomic mass is 10.2. The van der Waals surface area contributed by atoms with Gasteiger partial charge in [0.25, 0.3) is 5.56 Å². The molecule has 0 unspecified atom stereocenters. The van der Waals surface area contributed by atoms with E-state index in [9.17, 15) is 4.79 Å². The maximum absolute atomic E-state index is 11.9. The number of rotatable bonds is 4. The fourth-order valence-electron chi connectivity index (χ4n) is 2.46. The van der Waals surface area contributed by atoms with E-state index in [2.05, 4.69) is 20.3 Å². The highest BCUT2D eigenvalue weighted by atomic mass is 16.1. The van der Waals surface area contributed by atoms with Crippen molar-refractivity contribution < 1.29 is 0 Å². The van der Waals surface area contributed by atoms with Crippen molar-refractivity contribution in [2.75, 3.05) is 5.32 Å². The molecule has 0 amide bonds. The maximum Gasteiger partial charge on any atom is 0.252 e. The third-order valence-electron chi connectivity index (χ3n) is 3.51. The number of hydrogen-bond acceptors (Lipinski definition) is 4. The van der Waals surface area contributed by atoms with E-state index >= 15 is 0 Å². The van der Waals surface area contributed by atoms with Crippen molar-refractivity contribution in [3.05, 3.63) is 52.7 Å². The average Bonchev–Trinajstić information content (AvgIpc) is 2.89. The van der Waals surface area contributed by atoms with Crippen LogP contribution in [-0.2, 0) is 0 Å². The number of para-hydroxylation sites is 2. The highest BCUT2D eigenvalue weighted by Gasteiger charge is 2.14. The fraction of sp³-hybridized carbons (Fsp3) is 0.312. The van der Waals surface area contributed by atoms with Crippen molar-refractivity contribution in [3.63, 3.8) is 0 Å². The van der Waals surface area contributed by atoms with E-state index in [-0.39, 0.29) is 17.6 Å². The second kappa shape index (κ2) is 5.63. The van der Waals surface area contributed by atoms with Gasteiger partial charge in [0.2, 0.25) is 5.95 Å². The van der Waals surface area contributed by atoms with Crippen LogP contribution >= 0.6 is 0 Å². The molecule has 22 heavy (non-hydrogen) atoms. The Bertz CT molecular complexity index is 849. The van der Waals surface area contributed by atoms with Gasteiger partial charge in [0.05, 0.1) is 29.1 Å². The van der Waals surface area contributed by atoms with E-state index in [0.29, 0.717) is 11.6 Å². The first-order valence-corrected chi connectivity index (χ1v) is 7.34. The molecule has 3 rings (SSSR count). The van der Waals surface area contributed by atoms with Crippen molar-refractivity contribution in [3.8, 4) is 0 Å². The smallest absolute Gasteiger partial charge is 0.252 e. The van der Waals surface area contributed by atoms with E-state index in [0.717, 1.165) is 11.0 Å². The van der Waals surface area contributed by atoms with E-state index in [1.807, 2.05) is 49.6 Å². The normalized spacial score (nSPS) is 12.7. The summed E-state index contributed by atoms with van der Waals surface area (Å²) >= 11 is 0. The molecule has 3 aromatic rings. The van der Waals surface area contributed by atoms with Crippen molar-refractivity contribution >= 4 is 17.0 Å². The molecule has 0 radical (unpaired) electrons. The molecule has 6 nitrogen and oxygen atoms in total.